The molecule has 0 saturated carbocycles. The van der Waals surface area contributed by atoms with Gasteiger partial charge in [-0.2, -0.15) is 0 Å². The number of pyridine rings is 1. The van der Waals surface area contributed by atoms with E-state index >= 15 is 4.39 Å². The summed E-state index contributed by atoms with van der Waals surface area (Å²) in [6, 6.07) is 21.2. The molecule has 7 N–H and O–H groups in total. The quantitative estimate of drug-likeness (QED) is 0.0197. The maximum Gasteiger partial charge on any atom is 0.411 e. The molecule has 24 heteroatoms. The first kappa shape index (κ1) is 61.0. The van der Waals surface area contributed by atoms with Gasteiger partial charge < -0.3 is 50.8 Å². The van der Waals surface area contributed by atoms with E-state index < -0.39 is 79.0 Å². The highest BCUT2D eigenvalue weighted by molar-refractivity contribution is 6.13. The Hall–Kier alpha value is -10.1. The molecule has 5 heterocycles. The van der Waals surface area contributed by atoms with Crippen LogP contribution in [0.4, 0.5) is 20.6 Å². The van der Waals surface area contributed by atoms with Crippen LogP contribution in [-0.4, -0.2) is 130 Å². The maximum absolute atomic E-state index is 15.5. The van der Waals surface area contributed by atoms with Gasteiger partial charge in [-0.3, -0.25) is 48.6 Å². The summed E-state index contributed by atoms with van der Waals surface area (Å²) in [5.74, 6) is -5.61. The molecule has 8 amide bonds. The van der Waals surface area contributed by atoms with E-state index in [1.54, 1.807) is 98.8 Å². The highest BCUT2D eigenvalue weighted by Crippen LogP contribution is 2.48. The van der Waals surface area contributed by atoms with E-state index in [0.717, 1.165) is 32.5 Å². The SMILES string of the molecule is CC[C@@]1(O)C(=O)OCC2=C1C=C1c3nc4cc(F)c(C)c5c4c(c3CN1C2)[C@@H](NC(=O)c1ccc(NC(=O)OCc2ccc(NC(=O)CNC(=O)[C@H](Cc3ccccc3)NC(=O)COC(=O)CNC(=O)CCCCCN3C(=O)C=CC3=O)cc2)cc1)CC5. The number of hydrogen-bond acceptors (Lipinski definition) is 16. The highest BCUT2D eigenvalue weighted by atomic mass is 19.1. The number of hydrogen-bond donors (Lipinski definition) is 7. The number of fused-ring (bicyclic) bond motifs is 4. The van der Waals surface area contributed by atoms with Crippen LogP contribution < -0.4 is 31.9 Å². The number of imide groups is 1. The Balaban J connectivity index is 0.664. The molecule has 0 saturated heterocycles. The Morgan fingerprint density at radius 2 is 1.55 bits per heavy atom. The highest BCUT2D eigenvalue weighted by Gasteiger charge is 2.47. The minimum Gasteiger partial charge on any atom is -0.459 e. The predicted octanol–water partition coefficient (Wildman–Crippen LogP) is 4.94. The number of unbranched alkanes of at least 4 members (excludes halogenated alkanes) is 2. The molecule has 5 aliphatic rings. The molecule has 4 aliphatic heterocycles. The number of cyclic esters (lactones) is 1. The van der Waals surface area contributed by atoms with Crippen LogP contribution in [0.3, 0.4) is 0 Å². The van der Waals surface area contributed by atoms with Crippen molar-refractivity contribution in [3.8, 4) is 0 Å². The number of halogens is 1. The fourth-order valence-corrected chi connectivity index (χ4v) is 11.4. The van der Waals surface area contributed by atoms with Gasteiger partial charge in [0.05, 0.1) is 29.5 Å². The summed E-state index contributed by atoms with van der Waals surface area (Å²) in [4.78, 5) is 135. The number of nitrogens with zero attached hydrogens (tertiary/aromatic N) is 3. The third-order valence-corrected chi connectivity index (χ3v) is 16.1. The van der Waals surface area contributed by atoms with E-state index in [0.29, 0.717) is 101 Å². The Morgan fingerprint density at radius 1 is 0.818 bits per heavy atom. The number of aromatic nitrogens is 1. The number of rotatable bonds is 23. The van der Waals surface area contributed by atoms with Gasteiger partial charge in [-0.25, -0.2) is 19.0 Å². The molecule has 0 spiro atoms. The second-order valence-electron chi connectivity index (χ2n) is 21.9. The van der Waals surface area contributed by atoms with E-state index in [9.17, 15) is 53.1 Å². The topological polar surface area (TPSA) is 310 Å². The molecule has 88 heavy (non-hydrogen) atoms. The van der Waals surface area contributed by atoms with Gasteiger partial charge in [-0.05, 0) is 115 Å². The third kappa shape index (κ3) is 13.8. The average molecular weight is 1200 g/mol. The van der Waals surface area contributed by atoms with Crippen LogP contribution >= 0.6 is 0 Å². The molecule has 456 valence electrons. The summed E-state index contributed by atoms with van der Waals surface area (Å²) in [6.45, 7) is 2.73. The number of anilines is 2. The first-order valence-corrected chi connectivity index (χ1v) is 28.9. The van der Waals surface area contributed by atoms with Gasteiger partial charge >= 0.3 is 18.0 Å². The minimum atomic E-state index is -1.81. The van der Waals surface area contributed by atoms with E-state index in [1.165, 1.54) is 18.2 Å². The largest absolute Gasteiger partial charge is 0.459 e. The van der Waals surface area contributed by atoms with Crippen LogP contribution in [0.5, 0.6) is 0 Å². The molecule has 0 fully saturated rings. The van der Waals surface area contributed by atoms with Gasteiger partial charge in [0, 0.05) is 84.2 Å². The van der Waals surface area contributed by atoms with Crippen molar-refractivity contribution in [1.29, 1.82) is 0 Å². The molecule has 1 aliphatic carbocycles. The second-order valence-corrected chi connectivity index (χ2v) is 21.9. The van der Waals surface area contributed by atoms with Crippen molar-refractivity contribution in [1.82, 2.24) is 36.1 Å². The fourth-order valence-electron chi connectivity index (χ4n) is 11.4. The van der Waals surface area contributed by atoms with Crippen LogP contribution in [0.15, 0.2) is 114 Å². The van der Waals surface area contributed by atoms with Crippen LogP contribution in [0, 0.1) is 12.7 Å². The molecule has 4 aromatic carbocycles. The standard InChI is InChI=1S/C64H64FN9O14/c1-3-64(85)45-27-50-59-44(32-73(50)31-40(45)34-87-62(64)83)58-47(22-21-43-36(2)46(65)28-48(71-59)57(43)58)72-60(81)39-15-19-42(20-16-39)69-63(84)88-33-38-13-17-41(18-14-38)68-52(76)29-67-61(82)49(26-37-10-6-4-7-11-37)70-53(77)35-86-56(80)30-66-51(75)12-8-5-9-25-74-54(78)23-24-55(74)79/h4,6-7,10-11,13-20,23-24,27-28,47,49,85H,3,5,8-9,12,21-22,25-26,29-35H2,1-2H3,(H,66,75)(H,67,82)(H,68,76)(H,69,84)(H,70,77)(H,72,81)/t47-,49-,64-/m0/s1. The molecule has 1 aromatic heterocycles. The molecule has 5 aromatic rings. The number of aliphatic hydroxyl groups is 1. The number of carbonyl (C=O) groups excluding carboxylic acids is 10. The number of ether oxygens (including phenoxy) is 3. The van der Waals surface area contributed by atoms with Gasteiger partial charge in [-0.1, -0.05) is 55.8 Å². The van der Waals surface area contributed by atoms with Crippen LogP contribution in [0.25, 0.3) is 16.6 Å². The molecule has 0 radical (unpaired) electrons. The molecular formula is C64H64FN9O14. The summed E-state index contributed by atoms with van der Waals surface area (Å²) in [7, 11) is 0. The smallest absolute Gasteiger partial charge is 0.411 e. The van der Waals surface area contributed by atoms with Crippen LogP contribution in [0.1, 0.15) is 101 Å². The van der Waals surface area contributed by atoms with E-state index in [2.05, 4.69) is 36.8 Å². The average Bonchev–Trinajstić information content (AvgIpc) is 1.50. The monoisotopic (exact) mass is 1200 g/mol. The zero-order valence-corrected chi connectivity index (χ0v) is 48.3. The number of benzene rings is 4. The lowest BCUT2D eigenvalue weighted by Gasteiger charge is -2.37. The number of esters is 2. The molecule has 3 atom stereocenters. The first-order valence-electron chi connectivity index (χ1n) is 28.9. The van der Waals surface area contributed by atoms with Crippen LogP contribution in [0.2, 0.25) is 0 Å². The number of carbonyl (C=O) groups is 10. The number of amides is 8. The first-order chi connectivity index (χ1) is 42.3. The van der Waals surface area contributed by atoms with E-state index in [4.69, 9.17) is 19.2 Å². The summed E-state index contributed by atoms with van der Waals surface area (Å²) in [6.07, 6.45) is 6.19. The van der Waals surface area contributed by atoms with Crippen LogP contribution in [-0.2, 0) is 78.6 Å². The predicted molar refractivity (Wildman–Crippen MR) is 315 cm³/mol. The third-order valence-electron chi connectivity index (χ3n) is 16.1. The van der Waals surface area contributed by atoms with Gasteiger partial charge in [0.2, 0.25) is 17.7 Å². The summed E-state index contributed by atoms with van der Waals surface area (Å²) in [5.41, 5.74) is 6.63. The molecule has 0 bridgehead atoms. The Morgan fingerprint density at radius 3 is 2.28 bits per heavy atom. The van der Waals surface area contributed by atoms with Crippen molar-refractivity contribution in [2.24, 2.45) is 0 Å². The summed E-state index contributed by atoms with van der Waals surface area (Å²) < 4.78 is 31.3. The van der Waals surface area contributed by atoms with Gasteiger partial charge in [0.25, 0.3) is 23.6 Å². The maximum atomic E-state index is 15.5. The molecular weight excluding hydrogens is 1140 g/mol. The van der Waals surface area contributed by atoms with Crippen molar-refractivity contribution in [3.05, 3.63) is 165 Å². The van der Waals surface area contributed by atoms with Gasteiger partial charge in [0.15, 0.2) is 12.2 Å². The normalized spacial score (nSPS) is 17.4. The second kappa shape index (κ2) is 26.7. The van der Waals surface area contributed by atoms with Crippen molar-refractivity contribution in [3.63, 3.8) is 0 Å². The molecule has 23 nitrogen and oxygen atoms in total. The zero-order chi connectivity index (χ0) is 62.2. The summed E-state index contributed by atoms with van der Waals surface area (Å²) >= 11 is 0. The van der Waals surface area contributed by atoms with Crippen molar-refractivity contribution in [2.75, 3.05) is 50.0 Å². The van der Waals surface area contributed by atoms with Crippen molar-refractivity contribution < 1.29 is 71.7 Å². The van der Waals surface area contributed by atoms with E-state index in [-0.39, 0.29) is 62.6 Å². The lowest BCUT2D eigenvalue weighted by atomic mass is 9.81. The zero-order valence-electron chi connectivity index (χ0n) is 48.3. The lowest BCUT2D eigenvalue weighted by Crippen LogP contribution is -2.50. The van der Waals surface area contributed by atoms with Gasteiger partial charge in [-0.15, -0.1) is 0 Å². The number of aryl methyl sites for hydroxylation is 1. The van der Waals surface area contributed by atoms with E-state index in [1.807, 2.05) is 0 Å². The minimum absolute atomic E-state index is 0.0384. The lowest BCUT2D eigenvalue weighted by molar-refractivity contribution is -0.163. The fraction of sp³-hybridized carbons (Fsp3) is 0.328. The van der Waals surface area contributed by atoms with Gasteiger partial charge in [0.1, 0.15) is 31.6 Å². The Labute approximate surface area is 504 Å². The Kier molecular flexibility index (Phi) is 18.5. The molecule has 0 unspecified atom stereocenters. The molecule has 10 rings (SSSR count). The number of nitrogens with one attached hydrogen (secondary N) is 6. The summed E-state index contributed by atoms with van der Waals surface area (Å²) in [5, 5.41) is 28.3. The van der Waals surface area contributed by atoms with Crippen molar-refractivity contribution >= 4 is 87.4 Å². The van der Waals surface area contributed by atoms with Crippen molar-refractivity contribution in [2.45, 2.75) is 96.1 Å². The Bertz CT molecular complexity index is 3740.